The molecule has 1 aliphatic heterocycles. The lowest BCUT2D eigenvalue weighted by molar-refractivity contribution is 0.211. The SMILES string of the molecule is CN1CCCC(CNS(=O)(=O)c2ccc(CCCl)cc2)C1. The first-order valence-electron chi connectivity index (χ1n) is 7.34. The number of aryl methyl sites for hydroxylation is 1. The third-order valence-corrected chi connectivity index (χ3v) is 5.53. The van der Waals surface area contributed by atoms with E-state index >= 15 is 0 Å². The molecule has 1 heterocycles. The molecule has 1 aromatic rings. The Morgan fingerprint density at radius 1 is 1.33 bits per heavy atom. The van der Waals surface area contributed by atoms with E-state index in [0.29, 0.717) is 23.2 Å². The van der Waals surface area contributed by atoms with Crippen LogP contribution in [-0.2, 0) is 16.4 Å². The first kappa shape index (κ1) is 16.7. The molecule has 0 saturated carbocycles. The van der Waals surface area contributed by atoms with E-state index in [2.05, 4.69) is 16.7 Å². The molecule has 21 heavy (non-hydrogen) atoms. The van der Waals surface area contributed by atoms with Crippen LogP contribution in [0.1, 0.15) is 18.4 Å². The summed E-state index contributed by atoms with van der Waals surface area (Å²) in [6.45, 7) is 2.57. The van der Waals surface area contributed by atoms with Crippen molar-refractivity contribution in [2.45, 2.75) is 24.2 Å². The Hall–Kier alpha value is -0.620. The minimum Gasteiger partial charge on any atom is -0.306 e. The van der Waals surface area contributed by atoms with Crippen molar-refractivity contribution in [3.63, 3.8) is 0 Å². The zero-order chi connectivity index (χ0) is 15.3. The van der Waals surface area contributed by atoms with Crippen molar-refractivity contribution in [3.05, 3.63) is 29.8 Å². The highest BCUT2D eigenvalue weighted by molar-refractivity contribution is 7.89. The number of piperidine rings is 1. The maximum Gasteiger partial charge on any atom is 0.240 e. The first-order valence-corrected chi connectivity index (χ1v) is 9.36. The molecule has 1 atom stereocenters. The second kappa shape index (κ2) is 7.58. The van der Waals surface area contributed by atoms with Crippen molar-refractivity contribution in [2.75, 3.05) is 32.6 Å². The fraction of sp³-hybridized carbons (Fsp3) is 0.600. The lowest BCUT2D eigenvalue weighted by Crippen LogP contribution is -2.39. The van der Waals surface area contributed by atoms with Crippen molar-refractivity contribution in [2.24, 2.45) is 5.92 Å². The van der Waals surface area contributed by atoms with Crippen LogP contribution in [0.5, 0.6) is 0 Å². The van der Waals surface area contributed by atoms with Crippen LogP contribution in [0.4, 0.5) is 0 Å². The molecule has 1 aliphatic rings. The third-order valence-electron chi connectivity index (χ3n) is 3.90. The van der Waals surface area contributed by atoms with Gasteiger partial charge in [0, 0.05) is 19.0 Å². The monoisotopic (exact) mass is 330 g/mol. The van der Waals surface area contributed by atoms with Crippen LogP contribution in [0.15, 0.2) is 29.2 Å². The van der Waals surface area contributed by atoms with Crippen molar-refractivity contribution in [3.8, 4) is 0 Å². The summed E-state index contributed by atoms with van der Waals surface area (Å²) >= 11 is 5.68. The van der Waals surface area contributed by atoms with Gasteiger partial charge in [0.25, 0.3) is 0 Å². The average Bonchev–Trinajstić information content (AvgIpc) is 2.46. The van der Waals surface area contributed by atoms with Crippen LogP contribution in [0.3, 0.4) is 0 Å². The standard InChI is InChI=1S/C15H23ClN2O2S/c1-18-10-2-3-14(12-18)11-17-21(19,20)15-6-4-13(5-7-15)8-9-16/h4-7,14,17H,2-3,8-12H2,1H3. The average molecular weight is 331 g/mol. The molecular formula is C15H23ClN2O2S. The minimum absolute atomic E-state index is 0.324. The van der Waals surface area contributed by atoms with Crippen molar-refractivity contribution < 1.29 is 8.42 Å². The lowest BCUT2D eigenvalue weighted by Gasteiger charge is -2.29. The number of benzene rings is 1. The molecule has 1 saturated heterocycles. The van der Waals surface area contributed by atoms with Gasteiger partial charge in [-0.1, -0.05) is 12.1 Å². The molecule has 118 valence electrons. The molecule has 0 aromatic heterocycles. The highest BCUT2D eigenvalue weighted by Gasteiger charge is 2.20. The largest absolute Gasteiger partial charge is 0.306 e. The Balaban J connectivity index is 1.94. The van der Waals surface area contributed by atoms with Gasteiger partial charge in [0.05, 0.1) is 4.90 Å². The van der Waals surface area contributed by atoms with Gasteiger partial charge in [0.15, 0.2) is 0 Å². The summed E-state index contributed by atoms with van der Waals surface area (Å²) in [5.74, 6) is 0.938. The topological polar surface area (TPSA) is 49.4 Å². The molecule has 4 nitrogen and oxygen atoms in total. The molecule has 1 N–H and O–H groups in total. The zero-order valence-electron chi connectivity index (χ0n) is 12.4. The van der Waals surface area contributed by atoms with E-state index in [-0.39, 0.29) is 0 Å². The number of hydrogen-bond donors (Lipinski definition) is 1. The van der Waals surface area contributed by atoms with Crippen LogP contribution in [0.25, 0.3) is 0 Å². The molecule has 1 fully saturated rings. The molecule has 0 radical (unpaired) electrons. The first-order chi connectivity index (χ1) is 10.0. The molecule has 0 bridgehead atoms. The Kier molecular flexibility index (Phi) is 6.05. The summed E-state index contributed by atoms with van der Waals surface area (Å²) in [5.41, 5.74) is 1.05. The summed E-state index contributed by atoms with van der Waals surface area (Å²) in [6, 6.07) is 6.95. The quantitative estimate of drug-likeness (QED) is 0.813. The van der Waals surface area contributed by atoms with E-state index in [1.54, 1.807) is 12.1 Å². The predicted octanol–water partition coefficient (Wildman–Crippen LogP) is 2.09. The highest BCUT2D eigenvalue weighted by atomic mass is 35.5. The van der Waals surface area contributed by atoms with Crippen LogP contribution in [0.2, 0.25) is 0 Å². The van der Waals surface area contributed by atoms with Gasteiger partial charge >= 0.3 is 0 Å². The molecule has 0 aliphatic carbocycles. The number of alkyl halides is 1. The number of halogens is 1. The van der Waals surface area contributed by atoms with Gasteiger partial charge in [-0.05, 0) is 56.5 Å². The minimum atomic E-state index is -3.41. The van der Waals surface area contributed by atoms with Crippen LogP contribution < -0.4 is 4.72 Å². The Bertz CT molecular complexity index is 545. The van der Waals surface area contributed by atoms with E-state index in [4.69, 9.17) is 11.6 Å². The van der Waals surface area contributed by atoms with Crippen LogP contribution >= 0.6 is 11.6 Å². The third kappa shape index (κ3) is 4.95. The smallest absolute Gasteiger partial charge is 0.240 e. The van der Waals surface area contributed by atoms with E-state index in [1.165, 1.54) is 0 Å². The zero-order valence-corrected chi connectivity index (χ0v) is 14.0. The fourth-order valence-electron chi connectivity index (χ4n) is 2.70. The molecule has 2 rings (SSSR count). The van der Waals surface area contributed by atoms with E-state index < -0.39 is 10.0 Å². The Morgan fingerprint density at radius 3 is 2.67 bits per heavy atom. The normalized spacial score (nSPS) is 20.6. The number of nitrogens with zero attached hydrogens (tertiary/aromatic N) is 1. The number of hydrogen-bond acceptors (Lipinski definition) is 3. The van der Waals surface area contributed by atoms with E-state index in [1.807, 2.05) is 12.1 Å². The molecule has 0 spiro atoms. The predicted molar refractivity (Wildman–Crippen MR) is 86.3 cm³/mol. The van der Waals surface area contributed by atoms with Crippen LogP contribution in [-0.4, -0.2) is 45.9 Å². The van der Waals surface area contributed by atoms with Crippen molar-refractivity contribution >= 4 is 21.6 Å². The van der Waals surface area contributed by atoms with E-state index in [0.717, 1.165) is 37.9 Å². The number of likely N-dealkylation sites (tertiary alicyclic amines) is 1. The van der Waals surface area contributed by atoms with Gasteiger partial charge < -0.3 is 4.90 Å². The van der Waals surface area contributed by atoms with Gasteiger partial charge in [-0.3, -0.25) is 0 Å². The van der Waals surface area contributed by atoms with Crippen molar-refractivity contribution in [1.29, 1.82) is 0 Å². The molecule has 1 aromatic carbocycles. The second-order valence-electron chi connectivity index (χ2n) is 5.71. The second-order valence-corrected chi connectivity index (χ2v) is 7.85. The maximum absolute atomic E-state index is 12.3. The Morgan fingerprint density at radius 2 is 2.05 bits per heavy atom. The molecule has 1 unspecified atom stereocenters. The Labute approximate surface area is 132 Å². The van der Waals surface area contributed by atoms with Gasteiger partial charge in [-0.2, -0.15) is 0 Å². The number of sulfonamides is 1. The number of rotatable bonds is 6. The summed E-state index contributed by atoms with van der Waals surface area (Å²) in [6.07, 6.45) is 2.97. The maximum atomic E-state index is 12.3. The summed E-state index contributed by atoms with van der Waals surface area (Å²) < 4.78 is 27.3. The molecule has 0 amide bonds. The van der Waals surface area contributed by atoms with E-state index in [9.17, 15) is 8.42 Å². The van der Waals surface area contributed by atoms with Gasteiger partial charge in [-0.25, -0.2) is 13.1 Å². The lowest BCUT2D eigenvalue weighted by atomic mass is 9.99. The molecular weight excluding hydrogens is 308 g/mol. The summed E-state index contributed by atoms with van der Waals surface area (Å²) in [5, 5.41) is 0. The van der Waals surface area contributed by atoms with Gasteiger partial charge in [-0.15, -0.1) is 11.6 Å². The highest BCUT2D eigenvalue weighted by Crippen LogP contribution is 2.16. The fourth-order valence-corrected chi connectivity index (χ4v) is 4.03. The van der Waals surface area contributed by atoms with Gasteiger partial charge in [0.1, 0.15) is 0 Å². The number of nitrogens with one attached hydrogen (secondary N) is 1. The van der Waals surface area contributed by atoms with Crippen LogP contribution in [0, 0.1) is 5.92 Å². The molecule has 6 heteroatoms. The summed E-state index contributed by atoms with van der Waals surface area (Å²) in [7, 11) is -1.33. The summed E-state index contributed by atoms with van der Waals surface area (Å²) in [4.78, 5) is 2.58. The van der Waals surface area contributed by atoms with Gasteiger partial charge in [0.2, 0.25) is 10.0 Å². The van der Waals surface area contributed by atoms with Crippen molar-refractivity contribution in [1.82, 2.24) is 9.62 Å².